The largest absolute Gasteiger partial charge is 0.375 e. The molecule has 0 saturated heterocycles. The summed E-state index contributed by atoms with van der Waals surface area (Å²) < 4.78 is 0. The average Bonchev–Trinajstić information content (AvgIpc) is 2.24. The lowest BCUT2D eigenvalue weighted by Crippen LogP contribution is -2.59. The summed E-state index contributed by atoms with van der Waals surface area (Å²) in [5, 5.41) is 1.78. The summed E-state index contributed by atoms with van der Waals surface area (Å²) in [6.45, 7) is 23.8. The molecule has 19 heavy (non-hydrogen) atoms. The highest BCUT2D eigenvalue weighted by Crippen LogP contribution is 2.59. The van der Waals surface area contributed by atoms with Crippen LogP contribution in [0.3, 0.4) is 0 Å². The highest BCUT2D eigenvalue weighted by molar-refractivity contribution is 7.81. The van der Waals surface area contributed by atoms with Crippen molar-refractivity contribution >= 4 is 33.2 Å². The van der Waals surface area contributed by atoms with Crippen molar-refractivity contribution < 1.29 is 0 Å². The van der Waals surface area contributed by atoms with Gasteiger partial charge in [0.25, 0.3) is 0 Å². The quantitative estimate of drug-likeness (QED) is 0.522. The third-order valence-corrected chi connectivity index (χ3v) is 11.2. The molecule has 1 aliphatic rings. The fourth-order valence-electron chi connectivity index (χ4n) is 3.06. The topological polar surface area (TPSA) is 3.24 Å². The van der Waals surface area contributed by atoms with Crippen molar-refractivity contribution in [3.05, 3.63) is 10.9 Å². The van der Waals surface area contributed by atoms with Gasteiger partial charge < -0.3 is 4.90 Å². The molecule has 0 fully saturated rings. The Kier molecular flexibility index (Phi) is 4.61. The van der Waals surface area contributed by atoms with Crippen LogP contribution in [-0.2, 0) is 0 Å². The molecule has 0 aromatic rings. The van der Waals surface area contributed by atoms with Gasteiger partial charge in [-0.25, -0.2) is 0 Å². The van der Waals surface area contributed by atoms with Crippen LogP contribution in [0.4, 0.5) is 0 Å². The molecule has 0 aliphatic heterocycles. The second kappa shape index (κ2) is 5.12. The van der Waals surface area contributed by atoms with Gasteiger partial charge in [-0.15, -0.1) is 0 Å². The molecule has 0 aromatic carbocycles. The van der Waals surface area contributed by atoms with Crippen LogP contribution < -0.4 is 0 Å². The summed E-state index contributed by atoms with van der Waals surface area (Å²) in [7, 11) is -2.70. The molecule has 0 aromatic heterocycles. The molecule has 4 heteroatoms. The Morgan fingerprint density at radius 3 is 1.68 bits per heavy atom. The van der Waals surface area contributed by atoms with Crippen LogP contribution in [0.1, 0.15) is 20.8 Å². The molecule has 0 radical (unpaired) electrons. The van der Waals surface area contributed by atoms with Crippen molar-refractivity contribution in [2.45, 2.75) is 65.1 Å². The zero-order chi connectivity index (χ0) is 15.2. The third-order valence-electron chi connectivity index (χ3n) is 4.72. The van der Waals surface area contributed by atoms with E-state index in [4.69, 9.17) is 12.2 Å². The minimum absolute atomic E-state index is 0.198. The molecule has 0 N–H and O–H groups in total. The van der Waals surface area contributed by atoms with E-state index in [9.17, 15) is 0 Å². The Labute approximate surface area is 127 Å². The van der Waals surface area contributed by atoms with Crippen molar-refractivity contribution in [1.29, 1.82) is 0 Å². The number of nitrogens with zero attached hydrogens (tertiary/aromatic N) is 1. The molecular formula is C15H31NSSi2. The predicted molar refractivity (Wildman–Crippen MR) is 97.6 cm³/mol. The number of thiocarbonyl (C=S) groups is 1. The van der Waals surface area contributed by atoms with Crippen LogP contribution in [0.25, 0.3) is 0 Å². The number of rotatable bonds is 5. The molecular weight excluding hydrogens is 282 g/mol. The second-order valence-electron chi connectivity index (χ2n) is 7.85. The van der Waals surface area contributed by atoms with E-state index in [1.807, 2.05) is 0 Å². The van der Waals surface area contributed by atoms with E-state index in [2.05, 4.69) is 65.0 Å². The summed E-state index contributed by atoms with van der Waals surface area (Å²) >= 11 is 5.91. The lowest BCUT2D eigenvalue weighted by atomic mass is 9.88. The molecule has 1 aliphatic carbocycles. The van der Waals surface area contributed by atoms with Gasteiger partial charge in [0.05, 0.1) is 16.1 Å². The number of allylic oxidation sites excluding steroid dienone is 2. The number of hydrogen-bond acceptors (Lipinski definition) is 2. The SMILES string of the molecule is CCN(CC)C1=C([Si](C)(C)C)C(=S)C1(C)[Si](C)(C)C. The van der Waals surface area contributed by atoms with E-state index in [-0.39, 0.29) is 5.04 Å². The summed E-state index contributed by atoms with van der Waals surface area (Å²) in [5.74, 6) is 0. The maximum atomic E-state index is 5.91. The lowest BCUT2D eigenvalue weighted by Gasteiger charge is -2.57. The van der Waals surface area contributed by atoms with Crippen LogP contribution in [0, 0.1) is 0 Å². The van der Waals surface area contributed by atoms with Crippen molar-refractivity contribution in [3.63, 3.8) is 0 Å². The van der Waals surface area contributed by atoms with Gasteiger partial charge in [-0.2, -0.15) is 0 Å². The van der Waals surface area contributed by atoms with Gasteiger partial charge in [0.2, 0.25) is 0 Å². The van der Waals surface area contributed by atoms with Crippen molar-refractivity contribution in [2.24, 2.45) is 0 Å². The fraction of sp³-hybridized carbons (Fsp3) is 0.800. The Bertz CT molecular complexity index is 411. The van der Waals surface area contributed by atoms with E-state index in [1.165, 1.54) is 4.86 Å². The highest BCUT2D eigenvalue weighted by Gasteiger charge is 2.58. The van der Waals surface area contributed by atoms with Gasteiger partial charge in [-0.3, -0.25) is 0 Å². The zero-order valence-electron chi connectivity index (χ0n) is 14.3. The minimum Gasteiger partial charge on any atom is -0.375 e. The normalized spacial score (nSPS) is 24.6. The van der Waals surface area contributed by atoms with Gasteiger partial charge >= 0.3 is 0 Å². The van der Waals surface area contributed by atoms with Crippen molar-refractivity contribution in [2.75, 3.05) is 13.1 Å². The Balaban J connectivity index is 3.50. The molecule has 1 unspecified atom stereocenters. The molecule has 1 nitrogen and oxygen atoms in total. The van der Waals surface area contributed by atoms with E-state index >= 15 is 0 Å². The summed E-state index contributed by atoms with van der Waals surface area (Å²) in [4.78, 5) is 3.87. The van der Waals surface area contributed by atoms with Crippen LogP contribution in [0.5, 0.6) is 0 Å². The summed E-state index contributed by atoms with van der Waals surface area (Å²) in [6, 6.07) is 0. The molecule has 0 heterocycles. The maximum Gasteiger partial charge on any atom is 0.0813 e. The minimum atomic E-state index is -1.36. The first kappa shape index (κ1) is 17.1. The van der Waals surface area contributed by atoms with Gasteiger partial charge in [-0.05, 0) is 19.0 Å². The van der Waals surface area contributed by atoms with Crippen LogP contribution in [0.2, 0.25) is 44.3 Å². The molecule has 110 valence electrons. The molecule has 0 amide bonds. The van der Waals surface area contributed by atoms with Crippen molar-refractivity contribution in [3.8, 4) is 0 Å². The zero-order valence-corrected chi connectivity index (χ0v) is 17.1. The van der Waals surface area contributed by atoms with E-state index in [0.29, 0.717) is 0 Å². The molecule has 0 bridgehead atoms. The first-order valence-electron chi connectivity index (χ1n) is 7.47. The van der Waals surface area contributed by atoms with Crippen LogP contribution in [-0.4, -0.2) is 39.0 Å². The average molecular weight is 314 g/mol. The van der Waals surface area contributed by atoms with Gasteiger partial charge in [0, 0.05) is 28.7 Å². The van der Waals surface area contributed by atoms with Crippen LogP contribution in [0.15, 0.2) is 10.9 Å². The first-order chi connectivity index (χ1) is 8.42. The molecule has 1 rings (SSSR count). The third kappa shape index (κ3) is 2.51. The Morgan fingerprint density at radius 1 is 1.00 bits per heavy atom. The van der Waals surface area contributed by atoms with E-state index in [1.54, 1.807) is 10.9 Å². The smallest absolute Gasteiger partial charge is 0.0813 e. The first-order valence-corrected chi connectivity index (χ1v) is 14.9. The van der Waals surface area contributed by atoms with E-state index in [0.717, 1.165) is 13.1 Å². The predicted octanol–water partition coefficient (Wildman–Crippen LogP) is 4.94. The molecule has 0 saturated carbocycles. The maximum absolute atomic E-state index is 5.91. The fourth-order valence-corrected chi connectivity index (χ4v) is 9.19. The van der Waals surface area contributed by atoms with E-state index < -0.39 is 16.1 Å². The van der Waals surface area contributed by atoms with Gasteiger partial charge in [0.1, 0.15) is 0 Å². The Hall–Kier alpha value is 0.0638. The standard InChI is InChI=1S/C15H31NSSi2/c1-10-16(11-2)13-12(18(4,5)6)14(17)15(13,3)19(7,8)9/h10-11H2,1-9H3. The molecule has 0 spiro atoms. The van der Waals surface area contributed by atoms with Crippen LogP contribution >= 0.6 is 12.2 Å². The Morgan fingerprint density at radius 2 is 1.42 bits per heavy atom. The number of hydrogen-bond donors (Lipinski definition) is 0. The van der Waals surface area contributed by atoms with Gasteiger partial charge in [-0.1, -0.05) is 58.4 Å². The van der Waals surface area contributed by atoms with Crippen molar-refractivity contribution in [1.82, 2.24) is 4.90 Å². The van der Waals surface area contributed by atoms with Gasteiger partial charge in [0.15, 0.2) is 0 Å². The molecule has 1 atom stereocenters. The summed E-state index contributed by atoms with van der Waals surface area (Å²) in [6.07, 6.45) is 0. The lowest BCUT2D eigenvalue weighted by molar-refractivity contribution is 0.350. The highest BCUT2D eigenvalue weighted by atomic mass is 32.1. The summed E-state index contributed by atoms with van der Waals surface area (Å²) in [5.41, 5.74) is 1.61. The second-order valence-corrected chi connectivity index (χ2v) is 18.8. The monoisotopic (exact) mass is 313 g/mol.